The minimum Gasteiger partial charge on any atom is -0.390 e. The van der Waals surface area contributed by atoms with Gasteiger partial charge in [-0.15, -0.1) is 0 Å². The molecule has 0 bridgehead atoms. The summed E-state index contributed by atoms with van der Waals surface area (Å²) in [6.07, 6.45) is 1.06. The zero-order chi connectivity index (χ0) is 19.8. The van der Waals surface area contributed by atoms with Crippen molar-refractivity contribution in [2.75, 3.05) is 0 Å². The molecule has 1 aromatic heterocycles. The Bertz CT molecular complexity index is 913. The average molecular weight is 434 g/mol. The zero-order valence-corrected chi connectivity index (χ0v) is 17.3. The molecule has 0 unspecified atom stereocenters. The lowest BCUT2D eigenvalue weighted by Crippen LogP contribution is -2.54. The van der Waals surface area contributed by atoms with Crippen LogP contribution in [0.4, 0.5) is 0 Å². The highest BCUT2D eigenvalue weighted by Crippen LogP contribution is 2.31. The predicted octanol–water partition coefficient (Wildman–Crippen LogP) is 2.83. The third kappa shape index (κ3) is 4.65. The number of hydrogen-bond donors (Lipinski definition) is 2. The van der Waals surface area contributed by atoms with Crippen molar-refractivity contribution in [3.05, 3.63) is 50.9 Å². The van der Waals surface area contributed by atoms with Crippen LogP contribution in [-0.2, 0) is 11.3 Å². The standard InChI is InChI=1S/C20H24BrN3O3/c1-12(2)19-16(13-5-4-6-14(21)7-13)8-18(26)24(23-19)11-17(25)22-15-9-20(3,27)10-15/h4-8,12,15,27H,9-11H2,1-3H3,(H,22,25)/t15-,20+. The summed E-state index contributed by atoms with van der Waals surface area (Å²) in [6, 6.07) is 9.22. The van der Waals surface area contributed by atoms with Gasteiger partial charge in [-0.2, -0.15) is 5.10 Å². The molecule has 1 fully saturated rings. The van der Waals surface area contributed by atoms with Gasteiger partial charge in [0.05, 0.1) is 11.3 Å². The van der Waals surface area contributed by atoms with E-state index in [0.717, 1.165) is 21.3 Å². The average Bonchev–Trinajstić information content (AvgIpc) is 2.54. The number of carbonyl (C=O) groups excluding carboxylic acids is 1. The first-order chi connectivity index (χ1) is 12.6. The number of aromatic nitrogens is 2. The Morgan fingerprint density at radius 1 is 1.41 bits per heavy atom. The summed E-state index contributed by atoms with van der Waals surface area (Å²) >= 11 is 3.46. The molecule has 1 aliphatic rings. The van der Waals surface area contributed by atoms with Crippen LogP contribution in [0.15, 0.2) is 39.6 Å². The number of nitrogens with one attached hydrogen (secondary N) is 1. The molecular formula is C20H24BrN3O3. The summed E-state index contributed by atoms with van der Waals surface area (Å²) in [6.45, 7) is 5.64. The van der Waals surface area contributed by atoms with Crippen molar-refractivity contribution >= 4 is 21.8 Å². The number of benzene rings is 1. The molecule has 0 radical (unpaired) electrons. The SMILES string of the molecule is CC(C)c1nn(CC(=O)N[C@H]2C[C@@](C)(O)C2)c(=O)cc1-c1cccc(Br)c1. The normalized spacial score (nSPS) is 21.8. The van der Waals surface area contributed by atoms with E-state index in [1.807, 2.05) is 38.1 Å². The van der Waals surface area contributed by atoms with Crippen molar-refractivity contribution < 1.29 is 9.90 Å². The number of aliphatic hydroxyl groups is 1. The van der Waals surface area contributed by atoms with Gasteiger partial charge in [-0.05, 0) is 43.4 Å². The number of carbonyl (C=O) groups is 1. The summed E-state index contributed by atoms with van der Waals surface area (Å²) in [5.41, 5.74) is 1.44. The van der Waals surface area contributed by atoms with Gasteiger partial charge in [0.15, 0.2) is 0 Å². The fourth-order valence-electron chi connectivity index (χ4n) is 3.45. The summed E-state index contributed by atoms with van der Waals surface area (Å²) in [7, 11) is 0. The highest BCUT2D eigenvalue weighted by molar-refractivity contribution is 9.10. The highest BCUT2D eigenvalue weighted by Gasteiger charge is 2.39. The third-order valence-electron chi connectivity index (χ3n) is 4.74. The molecule has 0 atom stereocenters. The van der Waals surface area contributed by atoms with Gasteiger partial charge >= 0.3 is 0 Å². The Kier molecular flexibility index (Phi) is 5.53. The minimum absolute atomic E-state index is 0.0475. The van der Waals surface area contributed by atoms with Gasteiger partial charge in [0, 0.05) is 22.1 Å². The molecule has 1 heterocycles. The first-order valence-electron chi connectivity index (χ1n) is 9.04. The minimum atomic E-state index is -0.705. The lowest BCUT2D eigenvalue weighted by molar-refractivity contribution is -0.125. The number of halogens is 1. The van der Waals surface area contributed by atoms with E-state index in [1.165, 1.54) is 4.68 Å². The molecule has 6 nitrogen and oxygen atoms in total. The lowest BCUT2D eigenvalue weighted by atomic mass is 9.77. The molecule has 144 valence electrons. The van der Waals surface area contributed by atoms with Gasteiger partial charge in [0.1, 0.15) is 6.54 Å². The van der Waals surface area contributed by atoms with Crippen LogP contribution < -0.4 is 10.9 Å². The molecule has 7 heteroatoms. The lowest BCUT2D eigenvalue weighted by Gasteiger charge is -2.41. The van der Waals surface area contributed by atoms with E-state index >= 15 is 0 Å². The molecule has 27 heavy (non-hydrogen) atoms. The van der Waals surface area contributed by atoms with Crippen LogP contribution in [0.1, 0.15) is 45.2 Å². The van der Waals surface area contributed by atoms with Crippen molar-refractivity contribution in [3.63, 3.8) is 0 Å². The molecule has 0 aliphatic heterocycles. The predicted molar refractivity (Wildman–Crippen MR) is 108 cm³/mol. The Hall–Kier alpha value is -1.99. The molecule has 1 aromatic carbocycles. The molecule has 3 rings (SSSR count). The van der Waals surface area contributed by atoms with Gasteiger partial charge in [0.25, 0.3) is 5.56 Å². The first-order valence-corrected chi connectivity index (χ1v) is 9.84. The second kappa shape index (κ2) is 7.56. The molecule has 2 N–H and O–H groups in total. The van der Waals surface area contributed by atoms with Crippen LogP contribution in [0, 0.1) is 0 Å². The summed E-state index contributed by atoms with van der Waals surface area (Å²) < 4.78 is 2.14. The number of amides is 1. The maximum absolute atomic E-state index is 12.5. The molecule has 0 saturated heterocycles. The van der Waals surface area contributed by atoms with Crippen LogP contribution in [0.3, 0.4) is 0 Å². The van der Waals surface area contributed by atoms with Crippen LogP contribution in [0.5, 0.6) is 0 Å². The molecule has 1 saturated carbocycles. The number of hydrogen-bond acceptors (Lipinski definition) is 4. The van der Waals surface area contributed by atoms with Crippen molar-refractivity contribution in [1.29, 1.82) is 0 Å². The Balaban J connectivity index is 1.84. The number of nitrogens with zero attached hydrogens (tertiary/aromatic N) is 2. The van der Waals surface area contributed by atoms with Crippen LogP contribution in [-0.4, -0.2) is 32.4 Å². The van der Waals surface area contributed by atoms with Crippen LogP contribution in [0.2, 0.25) is 0 Å². The zero-order valence-electron chi connectivity index (χ0n) is 15.7. The quantitative estimate of drug-likeness (QED) is 0.758. The Morgan fingerprint density at radius 3 is 2.70 bits per heavy atom. The van der Waals surface area contributed by atoms with E-state index in [4.69, 9.17) is 0 Å². The monoisotopic (exact) mass is 433 g/mol. The van der Waals surface area contributed by atoms with Gasteiger partial charge < -0.3 is 10.4 Å². The number of rotatable bonds is 5. The van der Waals surface area contributed by atoms with Gasteiger partial charge in [0.2, 0.25) is 5.91 Å². The van der Waals surface area contributed by atoms with Crippen molar-refractivity contribution in [3.8, 4) is 11.1 Å². The summed E-state index contributed by atoms with van der Waals surface area (Å²) in [4.78, 5) is 24.8. The highest BCUT2D eigenvalue weighted by atomic mass is 79.9. The van der Waals surface area contributed by atoms with Crippen LogP contribution in [0.25, 0.3) is 11.1 Å². The second-order valence-corrected chi connectivity index (χ2v) is 8.69. The van der Waals surface area contributed by atoms with Gasteiger partial charge in [-0.3, -0.25) is 9.59 Å². The largest absolute Gasteiger partial charge is 0.390 e. The molecule has 1 amide bonds. The van der Waals surface area contributed by atoms with Crippen molar-refractivity contribution in [1.82, 2.24) is 15.1 Å². The Labute approximate surface area is 166 Å². The fourth-order valence-corrected chi connectivity index (χ4v) is 3.84. The first kappa shape index (κ1) is 19.8. The maximum atomic E-state index is 12.5. The Morgan fingerprint density at radius 2 is 2.11 bits per heavy atom. The van der Waals surface area contributed by atoms with E-state index in [0.29, 0.717) is 12.8 Å². The van der Waals surface area contributed by atoms with E-state index in [9.17, 15) is 14.7 Å². The van der Waals surface area contributed by atoms with Gasteiger partial charge in [-0.25, -0.2) is 4.68 Å². The van der Waals surface area contributed by atoms with Gasteiger partial charge in [-0.1, -0.05) is 41.9 Å². The maximum Gasteiger partial charge on any atom is 0.267 e. The van der Waals surface area contributed by atoms with Crippen molar-refractivity contribution in [2.45, 2.75) is 57.7 Å². The van der Waals surface area contributed by atoms with Crippen molar-refractivity contribution in [2.24, 2.45) is 0 Å². The fraction of sp³-hybridized carbons (Fsp3) is 0.450. The third-order valence-corrected chi connectivity index (χ3v) is 5.23. The van der Waals surface area contributed by atoms with E-state index in [2.05, 4.69) is 26.3 Å². The summed E-state index contributed by atoms with van der Waals surface area (Å²) in [5.74, 6) is -0.175. The smallest absolute Gasteiger partial charge is 0.267 e. The molecular weight excluding hydrogens is 410 g/mol. The summed E-state index contributed by atoms with van der Waals surface area (Å²) in [5, 5.41) is 17.1. The van der Waals surface area contributed by atoms with E-state index in [-0.39, 0.29) is 30.0 Å². The van der Waals surface area contributed by atoms with Crippen LogP contribution >= 0.6 is 15.9 Å². The topological polar surface area (TPSA) is 84.2 Å². The van der Waals surface area contributed by atoms with E-state index < -0.39 is 5.60 Å². The molecule has 1 aliphatic carbocycles. The second-order valence-electron chi connectivity index (χ2n) is 7.77. The molecule has 2 aromatic rings. The molecule has 0 spiro atoms. The van der Waals surface area contributed by atoms with E-state index in [1.54, 1.807) is 13.0 Å².